The maximum atomic E-state index is 9.10. The second-order valence-corrected chi connectivity index (χ2v) is 6.90. The number of carboxylic acids is 2. The van der Waals surface area contributed by atoms with Crippen LogP contribution in [0.1, 0.15) is 4.88 Å². The van der Waals surface area contributed by atoms with Crippen LogP contribution in [0.5, 0.6) is 0 Å². The standard InChI is InChI=1S/C15H17ClN2S.C2H2O4/c16-13-3-5-14(6-4-13)18-9-7-17(8-10-18)12-15-2-1-11-19-15;3-1(4)2(5)6/h1-6,11H,7-10,12H2;(H,3,4)(H,5,6). The number of carboxylic acid groups (broad SMARTS) is 2. The molecule has 25 heavy (non-hydrogen) atoms. The number of rotatable bonds is 3. The van der Waals surface area contributed by atoms with Gasteiger partial charge in [-0.15, -0.1) is 11.3 Å². The maximum absolute atomic E-state index is 9.10. The smallest absolute Gasteiger partial charge is 0.414 e. The van der Waals surface area contributed by atoms with E-state index in [4.69, 9.17) is 31.4 Å². The largest absolute Gasteiger partial charge is 0.473 e. The summed E-state index contributed by atoms with van der Waals surface area (Å²) in [5.41, 5.74) is 1.28. The van der Waals surface area contributed by atoms with Gasteiger partial charge in [-0.1, -0.05) is 17.7 Å². The summed E-state index contributed by atoms with van der Waals surface area (Å²) in [5.74, 6) is -3.65. The fraction of sp³-hybridized carbons (Fsp3) is 0.294. The number of benzene rings is 1. The summed E-state index contributed by atoms with van der Waals surface area (Å²) in [5, 5.41) is 17.7. The lowest BCUT2D eigenvalue weighted by Crippen LogP contribution is -2.45. The average molecular weight is 383 g/mol. The van der Waals surface area contributed by atoms with Crippen LogP contribution in [0.2, 0.25) is 5.02 Å². The number of thiophene rings is 1. The molecule has 1 aromatic carbocycles. The number of hydrogen-bond donors (Lipinski definition) is 2. The number of aliphatic carboxylic acids is 2. The van der Waals surface area contributed by atoms with Gasteiger partial charge in [0.25, 0.3) is 0 Å². The van der Waals surface area contributed by atoms with Crippen molar-refractivity contribution in [2.75, 3.05) is 31.1 Å². The molecule has 0 saturated carbocycles. The van der Waals surface area contributed by atoms with Crippen molar-refractivity contribution in [2.45, 2.75) is 6.54 Å². The molecule has 134 valence electrons. The number of carbonyl (C=O) groups is 2. The fourth-order valence-electron chi connectivity index (χ4n) is 2.44. The number of anilines is 1. The van der Waals surface area contributed by atoms with E-state index in [-0.39, 0.29) is 0 Å². The summed E-state index contributed by atoms with van der Waals surface area (Å²) in [6.07, 6.45) is 0. The minimum Gasteiger partial charge on any atom is -0.473 e. The van der Waals surface area contributed by atoms with Crippen LogP contribution in [-0.2, 0) is 16.1 Å². The SMILES string of the molecule is Clc1ccc(N2CCN(Cc3cccs3)CC2)cc1.O=C(O)C(=O)O. The number of hydrogen-bond acceptors (Lipinski definition) is 5. The Balaban J connectivity index is 0.000000326. The Morgan fingerprint density at radius 3 is 2.08 bits per heavy atom. The third-order valence-electron chi connectivity index (χ3n) is 3.71. The molecule has 0 bridgehead atoms. The van der Waals surface area contributed by atoms with Gasteiger partial charge in [-0.3, -0.25) is 4.90 Å². The van der Waals surface area contributed by atoms with Gasteiger partial charge in [0.05, 0.1) is 0 Å². The Morgan fingerprint density at radius 1 is 1.00 bits per heavy atom. The van der Waals surface area contributed by atoms with Crippen molar-refractivity contribution in [3.63, 3.8) is 0 Å². The molecule has 3 rings (SSSR count). The first-order chi connectivity index (χ1) is 12.0. The zero-order chi connectivity index (χ0) is 18.2. The second kappa shape index (κ2) is 9.41. The van der Waals surface area contributed by atoms with Crippen molar-refractivity contribution < 1.29 is 19.8 Å². The van der Waals surface area contributed by atoms with E-state index in [0.717, 1.165) is 37.7 Å². The molecule has 0 atom stereocenters. The van der Waals surface area contributed by atoms with Crippen molar-refractivity contribution in [3.05, 3.63) is 51.7 Å². The number of nitrogens with zero attached hydrogens (tertiary/aromatic N) is 2. The number of halogens is 1. The summed E-state index contributed by atoms with van der Waals surface area (Å²) >= 11 is 7.77. The van der Waals surface area contributed by atoms with Gasteiger partial charge in [0.15, 0.2) is 0 Å². The first-order valence-corrected chi connectivity index (χ1v) is 8.93. The lowest BCUT2D eigenvalue weighted by Gasteiger charge is -2.35. The molecule has 8 heteroatoms. The van der Waals surface area contributed by atoms with Gasteiger partial charge >= 0.3 is 11.9 Å². The van der Waals surface area contributed by atoms with Crippen LogP contribution >= 0.6 is 22.9 Å². The zero-order valence-electron chi connectivity index (χ0n) is 13.5. The molecule has 0 unspecified atom stereocenters. The minimum atomic E-state index is -1.82. The first kappa shape index (κ1) is 19.2. The van der Waals surface area contributed by atoms with Crippen molar-refractivity contribution in [2.24, 2.45) is 0 Å². The molecule has 1 aromatic heterocycles. The maximum Gasteiger partial charge on any atom is 0.414 e. The first-order valence-electron chi connectivity index (χ1n) is 7.67. The van der Waals surface area contributed by atoms with E-state index < -0.39 is 11.9 Å². The Bertz CT molecular complexity index is 671. The van der Waals surface area contributed by atoms with Gasteiger partial charge in [-0.05, 0) is 35.7 Å². The summed E-state index contributed by atoms with van der Waals surface area (Å²) in [6, 6.07) is 12.5. The molecule has 2 N–H and O–H groups in total. The van der Waals surface area contributed by atoms with Crippen LogP contribution in [0, 0.1) is 0 Å². The molecule has 2 heterocycles. The van der Waals surface area contributed by atoms with E-state index >= 15 is 0 Å². The van der Waals surface area contributed by atoms with Gasteiger partial charge in [0, 0.05) is 48.3 Å². The lowest BCUT2D eigenvalue weighted by molar-refractivity contribution is -0.159. The van der Waals surface area contributed by atoms with E-state index in [2.05, 4.69) is 39.4 Å². The van der Waals surface area contributed by atoms with Gasteiger partial charge < -0.3 is 15.1 Å². The van der Waals surface area contributed by atoms with Gasteiger partial charge in [-0.25, -0.2) is 9.59 Å². The van der Waals surface area contributed by atoms with Crippen LogP contribution in [0.25, 0.3) is 0 Å². The monoisotopic (exact) mass is 382 g/mol. The molecule has 0 radical (unpaired) electrons. The van der Waals surface area contributed by atoms with Crippen molar-refractivity contribution in [1.82, 2.24) is 4.90 Å². The summed E-state index contributed by atoms with van der Waals surface area (Å²) in [6.45, 7) is 5.52. The van der Waals surface area contributed by atoms with Gasteiger partial charge in [0.2, 0.25) is 0 Å². The zero-order valence-corrected chi connectivity index (χ0v) is 15.0. The van der Waals surface area contributed by atoms with E-state index in [1.54, 1.807) is 0 Å². The van der Waals surface area contributed by atoms with Crippen LogP contribution in [0.3, 0.4) is 0 Å². The molecule has 2 aromatic rings. The molecule has 0 amide bonds. The van der Waals surface area contributed by atoms with Crippen molar-refractivity contribution in [1.29, 1.82) is 0 Å². The highest BCUT2D eigenvalue weighted by atomic mass is 35.5. The minimum absolute atomic E-state index is 0.806. The molecule has 0 spiro atoms. The summed E-state index contributed by atoms with van der Waals surface area (Å²) in [7, 11) is 0. The Hall–Kier alpha value is -2.09. The normalized spacial score (nSPS) is 14.5. The molecular formula is C17H19ClN2O4S. The van der Waals surface area contributed by atoms with Crippen molar-refractivity contribution >= 4 is 40.6 Å². The van der Waals surface area contributed by atoms with Crippen LogP contribution < -0.4 is 4.90 Å². The summed E-state index contributed by atoms with van der Waals surface area (Å²) < 4.78 is 0. The summed E-state index contributed by atoms with van der Waals surface area (Å²) in [4.78, 5) is 24.6. The molecule has 0 aliphatic carbocycles. The van der Waals surface area contributed by atoms with E-state index in [9.17, 15) is 0 Å². The number of piperazine rings is 1. The van der Waals surface area contributed by atoms with E-state index in [0.29, 0.717) is 0 Å². The van der Waals surface area contributed by atoms with E-state index in [1.807, 2.05) is 23.5 Å². The van der Waals surface area contributed by atoms with E-state index in [1.165, 1.54) is 10.6 Å². The predicted octanol–water partition coefficient (Wildman–Crippen LogP) is 2.88. The third kappa shape index (κ3) is 6.38. The average Bonchev–Trinajstić information content (AvgIpc) is 3.10. The Morgan fingerprint density at radius 2 is 1.60 bits per heavy atom. The molecule has 1 saturated heterocycles. The van der Waals surface area contributed by atoms with Crippen molar-refractivity contribution in [3.8, 4) is 0 Å². The van der Waals surface area contributed by atoms with Gasteiger partial charge in [0.1, 0.15) is 0 Å². The third-order valence-corrected chi connectivity index (χ3v) is 4.82. The lowest BCUT2D eigenvalue weighted by atomic mass is 10.2. The Kier molecular flexibility index (Phi) is 7.24. The van der Waals surface area contributed by atoms with Gasteiger partial charge in [-0.2, -0.15) is 0 Å². The van der Waals surface area contributed by atoms with Crippen LogP contribution in [-0.4, -0.2) is 53.2 Å². The molecule has 1 aliphatic rings. The highest BCUT2D eigenvalue weighted by molar-refractivity contribution is 7.09. The highest BCUT2D eigenvalue weighted by Gasteiger charge is 2.17. The highest BCUT2D eigenvalue weighted by Crippen LogP contribution is 2.20. The Labute approximate surface area is 154 Å². The second-order valence-electron chi connectivity index (χ2n) is 5.43. The predicted molar refractivity (Wildman–Crippen MR) is 98.5 cm³/mol. The van der Waals surface area contributed by atoms with Crippen LogP contribution in [0.15, 0.2) is 41.8 Å². The molecule has 6 nitrogen and oxygen atoms in total. The molecular weight excluding hydrogens is 364 g/mol. The molecule has 1 aliphatic heterocycles. The fourth-order valence-corrected chi connectivity index (χ4v) is 3.31. The van der Waals surface area contributed by atoms with Crippen LogP contribution in [0.4, 0.5) is 5.69 Å². The quantitative estimate of drug-likeness (QED) is 0.794. The molecule has 1 fully saturated rings. The topological polar surface area (TPSA) is 81.1 Å².